The highest BCUT2D eigenvalue weighted by Crippen LogP contribution is 2.24. The summed E-state index contributed by atoms with van der Waals surface area (Å²) in [6.07, 6.45) is 3.78. The highest BCUT2D eigenvalue weighted by Gasteiger charge is 2.26. The normalized spacial score (nSPS) is 15.5. The minimum Gasteiger partial charge on any atom is -0.376 e. The number of aryl methyl sites for hydroxylation is 1. The Hall–Kier alpha value is -3.45. The minimum atomic E-state index is -0.287. The Bertz CT molecular complexity index is 1120. The Balaban J connectivity index is 1.58. The Morgan fingerprint density at radius 1 is 1.15 bits per heavy atom. The number of carbonyl (C=O) groups excluding carboxylic acids is 2. The van der Waals surface area contributed by atoms with Crippen molar-refractivity contribution >= 4 is 17.8 Å². The molecule has 1 saturated heterocycles. The van der Waals surface area contributed by atoms with E-state index in [1.165, 1.54) is 0 Å². The summed E-state index contributed by atoms with van der Waals surface area (Å²) in [5, 5.41) is 2.94. The molecule has 0 aliphatic carbocycles. The van der Waals surface area contributed by atoms with E-state index >= 15 is 0 Å². The second-order valence-electron chi connectivity index (χ2n) is 9.08. The molecule has 0 bridgehead atoms. The van der Waals surface area contributed by atoms with Gasteiger partial charge in [-0.1, -0.05) is 61.9 Å². The van der Waals surface area contributed by atoms with Crippen molar-refractivity contribution in [3.05, 3.63) is 66.4 Å². The summed E-state index contributed by atoms with van der Waals surface area (Å²) in [5.74, 6) is -0.127. The molecule has 1 fully saturated rings. The Labute approximate surface area is 200 Å². The molecule has 4 rings (SSSR count). The second kappa shape index (κ2) is 10.7. The van der Waals surface area contributed by atoms with Crippen LogP contribution in [-0.4, -0.2) is 52.1 Å². The molecule has 2 heterocycles. The van der Waals surface area contributed by atoms with Crippen molar-refractivity contribution in [2.45, 2.75) is 39.7 Å². The van der Waals surface area contributed by atoms with Crippen molar-refractivity contribution < 1.29 is 14.3 Å². The van der Waals surface area contributed by atoms with Crippen LogP contribution >= 0.6 is 0 Å². The number of rotatable bonds is 8. The molecule has 0 radical (unpaired) electrons. The monoisotopic (exact) mass is 460 g/mol. The van der Waals surface area contributed by atoms with Crippen molar-refractivity contribution in [3.63, 3.8) is 0 Å². The lowest BCUT2D eigenvalue weighted by atomic mass is 10.1. The Morgan fingerprint density at radius 3 is 2.53 bits per heavy atom. The largest absolute Gasteiger partial charge is 0.376 e. The molecule has 0 spiro atoms. The first-order chi connectivity index (χ1) is 16.4. The third-order valence-electron chi connectivity index (χ3n) is 5.93. The summed E-state index contributed by atoms with van der Waals surface area (Å²) >= 11 is 0. The molecule has 1 aromatic heterocycles. The summed E-state index contributed by atoms with van der Waals surface area (Å²) < 4.78 is 7.58. The smallest absolute Gasteiger partial charge is 0.246 e. The third kappa shape index (κ3) is 5.72. The van der Waals surface area contributed by atoms with E-state index in [1.54, 1.807) is 4.90 Å². The molecule has 0 saturated carbocycles. The van der Waals surface area contributed by atoms with E-state index in [4.69, 9.17) is 9.72 Å². The molecule has 1 aliphatic rings. The van der Waals surface area contributed by atoms with Gasteiger partial charge >= 0.3 is 0 Å². The van der Waals surface area contributed by atoms with Crippen molar-refractivity contribution in [3.8, 4) is 16.9 Å². The number of hydrogen-bond acceptors (Lipinski definition) is 4. The number of amides is 2. The van der Waals surface area contributed by atoms with Gasteiger partial charge in [-0.05, 0) is 31.9 Å². The molecule has 1 N–H and O–H groups in total. The fourth-order valence-electron chi connectivity index (χ4n) is 4.09. The number of anilines is 1. The molecular weight excluding hydrogens is 428 g/mol. The zero-order valence-electron chi connectivity index (χ0n) is 20.0. The molecular formula is C27H32N4O3. The highest BCUT2D eigenvalue weighted by molar-refractivity contribution is 5.94. The van der Waals surface area contributed by atoms with E-state index in [2.05, 4.69) is 5.32 Å². The third-order valence-corrected chi connectivity index (χ3v) is 5.93. The summed E-state index contributed by atoms with van der Waals surface area (Å²) in [6, 6.07) is 17.9. The molecule has 178 valence electrons. The number of hydrogen-bond donors (Lipinski definition) is 1. The van der Waals surface area contributed by atoms with Crippen LogP contribution in [0.3, 0.4) is 0 Å². The molecule has 2 amide bonds. The SMILES string of the molecule is Cc1ccc(-n2cc(-c3ccccc3)nc2NC(=O)CN(C[C@@H]2CCCO2)C(=O)C(C)C)cc1. The number of carbonyl (C=O) groups is 2. The van der Waals surface area contributed by atoms with Crippen molar-refractivity contribution in [2.24, 2.45) is 5.92 Å². The van der Waals surface area contributed by atoms with Crippen molar-refractivity contribution in [1.82, 2.24) is 14.5 Å². The maximum absolute atomic E-state index is 13.1. The summed E-state index contributed by atoms with van der Waals surface area (Å²) in [7, 11) is 0. The van der Waals surface area contributed by atoms with Crippen LogP contribution in [0.5, 0.6) is 0 Å². The average Bonchev–Trinajstić information content (AvgIpc) is 3.49. The first-order valence-corrected chi connectivity index (χ1v) is 11.8. The van der Waals surface area contributed by atoms with E-state index in [9.17, 15) is 9.59 Å². The highest BCUT2D eigenvalue weighted by atomic mass is 16.5. The molecule has 0 unspecified atom stereocenters. The van der Waals surface area contributed by atoms with Crippen LogP contribution in [-0.2, 0) is 14.3 Å². The molecule has 2 aromatic carbocycles. The van der Waals surface area contributed by atoms with Gasteiger partial charge in [0.25, 0.3) is 0 Å². The van der Waals surface area contributed by atoms with Crippen LogP contribution in [0.15, 0.2) is 60.8 Å². The summed E-state index contributed by atoms with van der Waals surface area (Å²) in [5.41, 5.74) is 3.75. The molecule has 34 heavy (non-hydrogen) atoms. The van der Waals surface area contributed by atoms with Gasteiger partial charge in [0.2, 0.25) is 17.8 Å². The number of ether oxygens (including phenoxy) is 1. The van der Waals surface area contributed by atoms with Gasteiger partial charge in [-0.3, -0.25) is 19.5 Å². The van der Waals surface area contributed by atoms with E-state index in [1.807, 2.05) is 86.1 Å². The van der Waals surface area contributed by atoms with Gasteiger partial charge in [0.15, 0.2) is 0 Å². The second-order valence-corrected chi connectivity index (χ2v) is 9.08. The summed E-state index contributed by atoms with van der Waals surface area (Å²) in [6.45, 7) is 6.81. The van der Waals surface area contributed by atoms with Gasteiger partial charge < -0.3 is 9.64 Å². The number of nitrogens with one attached hydrogen (secondary N) is 1. The van der Waals surface area contributed by atoms with Gasteiger partial charge in [0.05, 0.1) is 11.8 Å². The predicted octanol–water partition coefficient (Wildman–Crippen LogP) is 4.45. The zero-order chi connectivity index (χ0) is 24.1. The number of benzene rings is 2. The maximum Gasteiger partial charge on any atom is 0.246 e. The van der Waals surface area contributed by atoms with E-state index in [0.29, 0.717) is 19.1 Å². The van der Waals surface area contributed by atoms with Gasteiger partial charge in [0, 0.05) is 36.5 Å². The Morgan fingerprint density at radius 2 is 1.88 bits per heavy atom. The Kier molecular flexibility index (Phi) is 7.43. The molecule has 1 aliphatic heterocycles. The number of nitrogens with zero attached hydrogens (tertiary/aromatic N) is 3. The number of imidazole rings is 1. The first kappa shape index (κ1) is 23.7. The van der Waals surface area contributed by atoms with Crippen LogP contribution in [0, 0.1) is 12.8 Å². The topological polar surface area (TPSA) is 76.5 Å². The number of aromatic nitrogens is 2. The first-order valence-electron chi connectivity index (χ1n) is 11.8. The fourth-order valence-corrected chi connectivity index (χ4v) is 4.09. The van der Waals surface area contributed by atoms with E-state index in [-0.39, 0.29) is 30.4 Å². The van der Waals surface area contributed by atoms with Crippen LogP contribution in [0.2, 0.25) is 0 Å². The molecule has 7 nitrogen and oxygen atoms in total. The lowest BCUT2D eigenvalue weighted by Gasteiger charge is -2.26. The zero-order valence-corrected chi connectivity index (χ0v) is 20.0. The quantitative estimate of drug-likeness (QED) is 0.539. The van der Waals surface area contributed by atoms with E-state index in [0.717, 1.165) is 35.3 Å². The molecule has 1 atom stereocenters. The standard InChI is InChI=1S/C27H32N4O3/c1-19(2)26(33)30(16-23-10-7-15-34-23)18-25(32)29-27-28-24(21-8-5-4-6-9-21)17-31(27)22-13-11-20(3)12-14-22/h4-6,8-9,11-14,17,19,23H,7,10,15-16,18H2,1-3H3,(H,28,29,32)/t23-/m0/s1. The average molecular weight is 461 g/mol. The maximum atomic E-state index is 13.1. The molecule has 7 heteroatoms. The summed E-state index contributed by atoms with van der Waals surface area (Å²) in [4.78, 5) is 32.2. The van der Waals surface area contributed by atoms with Crippen LogP contribution in [0.4, 0.5) is 5.95 Å². The van der Waals surface area contributed by atoms with Gasteiger partial charge in [0.1, 0.15) is 6.54 Å². The minimum absolute atomic E-state index is 0.0188. The van der Waals surface area contributed by atoms with Crippen LogP contribution < -0.4 is 5.32 Å². The van der Waals surface area contributed by atoms with Gasteiger partial charge in [-0.25, -0.2) is 4.98 Å². The van der Waals surface area contributed by atoms with Crippen LogP contribution in [0.25, 0.3) is 16.9 Å². The van der Waals surface area contributed by atoms with Crippen LogP contribution in [0.1, 0.15) is 32.3 Å². The lowest BCUT2D eigenvalue weighted by Crippen LogP contribution is -2.44. The fraction of sp³-hybridized carbons (Fsp3) is 0.370. The van der Waals surface area contributed by atoms with Gasteiger partial charge in [-0.15, -0.1) is 0 Å². The van der Waals surface area contributed by atoms with Crippen molar-refractivity contribution in [2.75, 3.05) is 25.0 Å². The lowest BCUT2D eigenvalue weighted by molar-refractivity contribution is -0.139. The van der Waals surface area contributed by atoms with Gasteiger partial charge in [-0.2, -0.15) is 0 Å². The molecule has 3 aromatic rings. The predicted molar refractivity (Wildman–Crippen MR) is 133 cm³/mol. The van der Waals surface area contributed by atoms with E-state index < -0.39 is 0 Å². The van der Waals surface area contributed by atoms with Crippen molar-refractivity contribution in [1.29, 1.82) is 0 Å².